The molecule has 1 fully saturated rings. The molecule has 6 heteroatoms. The van der Waals surface area contributed by atoms with E-state index in [-0.39, 0.29) is 17.9 Å². The van der Waals surface area contributed by atoms with Crippen LogP contribution in [0.3, 0.4) is 0 Å². The molecule has 2 aliphatic rings. The third-order valence-corrected chi connectivity index (χ3v) is 4.80. The summed E-state index contributed by atoms with van der Waals surface area (Å²) in [6, 6.07) is 10.1. The van der Waals surface area contributed by atoms with Crippen LogP contribution in [-0.4, -0.2) is 46.6 Å². The smallest absolute Gasteiger partial charge is 0.316 e. The first-order chi connectivity index (χ1) is 12.3. The van der Waals surface area contributed by atoms with Crippen molar-refractivity contribution in [2.24, 2.45) is 5.92 Å². The van der Waals surface area contributed by atoms with Crippen LogP contribution in [0.25, 0.3) is 0 Å². The summed E-state index contributed by atoms with van der Waals surface area (Å²) in [4.78, 5) is 22.9. The molecule has 2 aromatic rings. The van der Waals surface area contributed by atoms with Crippen LogP contribution in [0.4, 0.5) is 0 Å². The molecule has 0 radical (unpaired) electrons. The highest BCUT2D eigenvalue weighted by Crippen LogP contribution is 2.28. The number of fused-ring (bicyclic) bond motifs is 1. The SMILES string of the molecule is O=C([C@H]1COc2ccccc2C1)N1CCC(Oc2ncccn2)CC1. The van der Waals surface area contributed by atoms with Crippen LogP contribution in [-0.2, 0) is 11.2 Å². The van der Waals surface area contributed by atoms with Crippen molar-refractivity contribution in [2.75, 3.05) is 19.7 Å². The number of ether oxygens (including phenoxy) is 2. The average molecular weight is 339 g/mol. The monoisotopic (exact) mass is 339 g/mol. The van der Waals surface area contributed by atoms with Crippen LogP contribution in [0, 0.1) is 5.92 Å². The number of para-hydroxylation sites is 1. The zero-order valence-corrected chi connectivity index (χ0v) is 14.0. The topological polar surface area (TPSA) is 64.5 Å². The quantitative estimate of drug-likeness (QED) is 0.857. The number of carbonyl (C=O) groups is 1. The van der Waals surface area contributed by atoms with Gasteiger partial charge in [0.25, 0.3) is 0 Å². The molecule has 4 rings (SSSR count). The Bertz CT molecular complexity index is 730. The predicted molar refractivity (Wildman–Crippen MR) is 91.4 cm³/mol. The summed E-state index contributed by atoms with van der Waals surface area (Å²) in [7, 11) is 0. The van der Waals surface area contributed by atoms with E-state index in [0.29, 0.717) is 25.7 Å². The number of carbonyl (C=O) groups excluding carboxylic acids is 1. The number of rotatable bonds is 3. The van der Waals surface area contributed by atoms with Gasteiger partial charge in [0.15, 0.2) is 0 Å². The first-order valence-corrected chi connectivity index (χ1v) is 8.73. The molecular formula is C19H21N3O3. The van der Waals surface area contributed by atoms with E-state index in [2.05, 4.69) is 9.97 Å². The van der Waals surface area contributed by atoms with Crippen molar-refractivity contribution in [3.8, 4) is 11.8 Å². The molecular weight excluding hydrogens is 318 g/mol. The summed E-state index contributed by atoms with van der Waals surface area (Å²) < 4.78 is 11.5. The van der Waals surface area contributed by atoms with Gasteiger partial charge in [-0.25, -0.2) is 9.97 Å². The van der Waals surface area contributed by atoms with E-state index >= 15 is 0 Å². The summed E-state index contributed by atoms with van der Waals surface area (Å²) in [5.41, 5.74) is 1.12. The molecule has 6 nitrogen and oxygen atoms in total. The fourth-order valence-electron chi connectivity index (χ4n) is 3.43. The van der Waals surface area contributed by atoms with Crippen LogP contribution >= 0.6 is 0 Å². The van der Waals surface area contributed by atoms with E-state index in [1.807, 2.05) is 29.2 Å². The Morgan fingerprint density at radius 1 is 1.12 bits per heavy atom. The molecule has 1 atom stereocenters. The summed E-state index contributed by atoms with van der Waals surface area (Å²) in [6.07, 6.45) is 5.75. The maximum Gasteiger partial charge on any atom is 0.316 e. The van der Waals surface area contributed by atoms with E-state index in [1.54, 1.807) is 18.5 Å². The largest absolute Gasteiger partial charge is 0.492 e. The van der Waals surface area contributed by atoms with Crippen LogP contribution in [0.5, 0.6) is 11.8 Å². The minimum atomic E-state index is -0.0928. The molecule has 25 heavy (non-hydrogen) atoms. The molecule has 0 saturated carbocycles. The second-order valence-corrected chi connectivity index (χ2v) is 6.49. The minimum absolute atomic E-state index is 0.0646. The van der Waals surface area contributed by atoms with Crippen molar-refractivity contribution >= 4 is 5.91 Å². The predicted octanol–water partition coefficient (Wildman–Crippen LogP) is 2.10. The highest BCUT2D eigenvalue weighted by molar-refractivity contribution is 5.80. The summed E-state index contributed by atoms with van der Waals surface area (Å²) >= 11 is 0. The standard InChI is InChI=1S/C19H21N3O3/c23-18(15-12-14-4-1-2-5-17(14)24-13-15)22-10-6-16(7-11-22)25-19-20-8-3-9-21-19/h1-5,8-9,15-16H,6-7,10-13H2/t15-/m1/s1. The van der Waals surface area contributed by atoms with Gasteiger partial charge in [-0.05, 0) is 24.1 Å². The van der Waals surface area contributed by atoms with Gasteiger partial charge >= 0.3 is 6.01 Å². The first-order valence-electron chi connectivity index (χ1n) is 8.73. The van der Waals surface area contributed by atoms with Crippen molar-refractivity contribution in [1.29, 1.82) is 0 Å². The van der Waals surface area contributed by atoms with E-state index < -0.39 is 0 Å². The van der Waals surface area contributed by atoms with E-state index in [0.717, 1.165) is 30.6 Å². The zero-order chi connectivity index (χ0) is 17.1. The number of nitrogens with zero attached hydrogens (tertiary/aromatic N) is 3. The van der Waals surface area contributed by atoms with E-state index in [1.165, 1.54) is 0 Å². The average Bonchev–Trinajstić information content (AvgIpc) is 2.68. The normalized spacial score (nSPS) is 20.5. The van der Waals surface area contributed by atoms with Gasteiger partial charge in [0.05, 0.1) is 5.92 Å². The molecule has 1 aromatic carbocycles. The van der Waals surface area contributed by atoms with Crippen molar-refractivity contribution < 1.29 is 14.3 Å². The molecule has 3 heterocycles. The molecule has 2 aliphatic heterocycles. The summed E-state index contributed by atoms with van der Waals surface area (Å²) in [5.74, 6) is 0.996. The number of piperidine rings is 1. The zero-order valence-electron chi connectivity index (χ0n) is 14.0. The molecule has 130 valence electrons. The van der Waals surface area contributed by atoms with Crippen LogP contribution < -0.4 is 9.47 Å². The Kier molecular flexibility index (Phi) is 4.50. The molecule has 0 spiro atoms. The van der Waals surface area contributed by atoms with Gasteiger partial charge in [0, 0.05) is 38.3 Å². The fourth-order valence-corrected chi connectivity index (χ4v) is 3.43. The molecule has 1 saturated heterocycles. The fraction of sp³-hybridized carbons (Fsp3) is 0.421. The molecule has 1 aromatic heterocycles. The summed E-state index contributed by atoms with van der Waals surface area (Å²) in [5, 5.41) is 0. The van der Waals surface area contributed by atoms with Crippen molar-refractivity contribution in [2.45, 2.75) is 25.4 Å². The summed E-state index contributed by atoms with van der Waals surface area (Å²) in [6.45, 7) is 1.87. The van der Waals surface area contributed by atoms with Crippen molar-refractivity contribution in [3.05, 3.63) is 48.3 Å². The second kappa shape index (κ2) is 7.09. The minimum Gasteiger partial charge on any atom is -0.492 e. The van der Waals surface area contributed by atoms with Gasteiger partial charge in [-0.1, -0.05) is 18.2 Å². The Labute approximate surface area is 146 Å². The third kappa shape index (κ3) is 3.57. The maximum atomic E-state index is 12.8. The van der Waals surface area contributed by atoms with Gasteiger partial charge in [0.1, 0.15) is 18.5 Å². The lowest BCUT2D eigenvalue weighted by molar-refractivity contribution is -0.138. The van der Waals surface area contributed by atoms with Gasteiger partial charge in [-0.15, -0.1) is 0 Å². The number of aromatic nitrogens is 2. The Balaban J connectivity index is 1.31. The van der Waals surface area contributed by atoms with Gasteiger partial charge in [-0.2, -0.15) is 0 Å². The van der Waals surface area contributed by atoms with Gasteiger partial charge < -0.3 is 14.4 Å². The van der Waals surface area contributed by atoms with E-state index in [4.69, 9.17) is 9.47 Å². The Hall–Kier alpha value is -2.63. The molecule has 1 amide bonds. The highest BCUT2D eigenvalue weighted by Gasteiger charge is 2.32. The van der Waals surface area contributed by atoms with Gasteiger partial charge in [-0.3, -0.25) is 4.79 Å². The lowest BCUT2D eigenvalue weighted by Crippen LogP contribution is -2.46. The molecule has 0 bridgehead atoms. The maximum absolute atomic E-state index is 12.8. The number of benzene rings is 1. The lowest BCUT2D eigenvalue weighted by atomic mass is 9.94. The van der Waals surface area contributed by atoms with Crippen molar-refractivity contribution in [3.63, 3.8) is 0 Å². The second-order valence-electron chi connectivity index (χ2n) is 6.49. The van der Waals surface area contributed by atoms with Crippen LogP contribution in [0.15, 0.2) is 42.7 Å². The third-order valence-electron chi connectivity index (χ3n) is 4.80. The number of hydrogen-bond donors (Lipinski definition) is 0. The Morgan fingerprint density at radius 3 is 2.68 bits per heavy atom. The molecule has 0 N–H and O–H groups in total. The van der Waals surface area contributed by atoms with Crippen molar-refractivity contribution in [1.82, 2.24) is 14.9 Å². The number of likely N-dealkylation sites (tertiary alicyclic amines) is 1. The lowest BCUT2D eigenvalue weighted by Gasteiger charge is -2.35. The number of hydrogen-bond acceptors (Lipinski definition) is 5. The number of amides is 1. The van der Waals surface area contributed by atoms with E-state index in [9.17, 15) is 4.79 Å². The van der Waals surface area contributed by atoms with Crippen LogP contribution in [0.1, 0.15) is 18.4 Å². The van der Waals surface area contributed by atoms with Crippen LogP contribution in [0.2, 0.25) is 0 Å². The Morgan fingerprint density at radius 2 is 1.88 bits per heavy atom. The molecule has 0 unspecified atom stereocenters. The first kappa shape index (κ1) is 15.9. The molecule has 0 aliphatic carbocycles. The highest BCUT2D eigenvalue weighted by atomic mass is 16.5. The van der Waals surface area contributed by atoms with Gasteiger partial charge in [0.2, 0.25) is 5.91 Å².